The van der Waals surface area contributed by atoms with Gasteiger partial charge < -0.3 is 15.1 Å². The van der Waals surface area contributed by atoms with Gasteiger partial charge >= 0.3 is 0 Å². The lowest BCUT2D eigenvalue weighted by Crippen LogP contribution is -2.52. The Morgan fingerprint density at radius 3 is 2.80 bits per heavy atom. The molecule has 2 rings (SSSR count). The molecule has 0 aliphatic carbocycles. The van der Waals surface area contributed by atoms with Crippen molar-refractivity contribution in [1.29, 1.82) is 0 Å². The number of nitrogens with one attached hydrogen (secondary N) is 1. The van der Waals surface area contributed by atoms with Crippen LogP contribution in [0.15, 0.2) is 12.4 Å². The maximum absolute atomic E-state index is 4.27. The fourth-order valence-corrected chi connectivity index (χ4v) is 3.07. The highest BCUT2D eigenvalue weighted by molar-refractivity contribution is 5.06. The van der Waals surface area contributed by atoms with Crippen molar-refractivity contribution >= 4 is 0 Å². The molecule has 2 atom stereocenters. The summed E-state index contributed by atoms with van der Waals surface area (Å²) in [7, 11) is 6.46. The van der Waals surface area contributed by atoms with Crippen LogP contribution in [0.25, 0.3) is 0 Å². The SMILES string of the molecule is CCNC(Cc1cnn(C)c1)CC1CN(C)CCN1C. The topological polar surface area (TPSA) is 36.3 Å². The molecule has 1 aliphatic heterocycles. The number of nitrogens with zero attached hydrogens (tertiary/aromatic N) is 4. The van der Waals surface area contributed by atoms with E-state index in [9.17, 15) is 0 Å². The molecule has 0 spiro atoms. The maximum atomic E-state index is 4.27. The van der Waals surface area contributed by atoms with Crippen molar-refractivity contribution in [1.82, 2.24) is 24.9 Å². The summed E-state index contributed by atoms with van der Waals surface area (Å²) in [6.45, 7) is 6.74. The van der Waals surface area contributed by atoms with Gasteiger partial charge in [0.05, 0.1) is 6.20 Å². The van der Waals surface area contributed by atoms with Gasteiger partial charge in [0.1, 0.15) is 0 Å². The van der Waals surface area contributed by atoms with Gasteiger partial charge in [0.2, 0.25) is 0 Å². The highest BCUT2D eigenvalue weighted by atomic mass is 15.3. The quantitative estimate of drug-likeness (QED) is 0.826. The lowest BCUT2D eigenvalue weighted by molar-refractivity contribution is 0.101. The Bertz CT molecular complexity index is 403. The molecule has 1 aromatic heterocycles. The molecule has 0 bridgehead atoms. The van der Waals surface area contributed by atoms with E-state index in [1.54, 1.807) is 0 Å². The van der Waals surface area contributed by atoms with E-state index in [1.165, 1.54) is 31.6 Å². The molecule has 1 aliphatic rings. The van der Waals surface area contributed by atoms with E-state index in [0.717, 1.165) is 13.0 Å². The summed E-state index contributed by atoms with van der Waals surface area (Å²) in [5, 5.41) is 7.91. The molecule has 1 fully saturated rings. The lowest BCUT2D eigenvalue weighted by Gasteiger charge is -2.39. The second-order valence-electron chi connectivity index (χ2n) is 6.11. The van der Waals surface area contributed by atoms with E-state index in [1.807, 2.05) is 17.9 Å². The zero-order chi connectivity index (χ0) is 14.5. The van der Waals surface area contributed by atoms with Crippen LogP contribution in [0.4, 0.5) is 0 Å². The van der Waals surface area contributed by atoms with Crippen molar-refractivity contribution in [3.63, 3.8) is 0 Å². The number of piperazine rings is 1. The zero-order valence-electron chi connectivity index (χ0n) is 13.3. The van der Waals surface area contributed by atoms with Gasteiger partial charge in [-0.1, -0.05) is 6.92 Å². The molecule has 20 heavy (non-hydrogen) atoms. The molecule has 0 saturated carbocycles. The minimum absolute atomic E-state index is 0.531. The Labute approximate surface area is 122 Å². The Kier molecular flexibility index (Phi) is 5.57. The van der Waals surface area contributed by atoms with Gasteiger partial charge in [0, 0.05) is 45.0 Å². The van der Waals surface area contributed by atoms with Crippen molar-refractivity contribution in [2.45, 2.75) is 31.8 Å². The largest absolute Gasteiger partial charge is 0.314 e. The number of hydrogen-bond donors (Lipinski definition) is 1. The summed E-state index contributed by atoms with van der Waals surface area (Å²) in [6.07, 6.45) is 6.38. The van der Waals surface area contributed by atoms with Gasteiger partial charge in [-0.15, -0.1) is 0 Å². The number of likely N-dealkylation sites (N-methyl/N-ethyl adjacent to an activating group) is 3. The van der Waals surface area contributed by atoms with Crippen LogP contribution in [-0.4, -0.2) is 71.9 Å². The first kappa shape index (κ1) is 15.5. The Morgan fingerprint density at radius 1 is 1.35 bits per heavy atom. The van der Waals surface area contributed by atoms with Crippen LogP contribution >= 0.6 is 0 Å². The van der Waals surface area contributed by atoms with Gasteiger partial charge in [-0.25, -0.2) is 0 Å². The first-order chi connectivity index (χ1) is 9.58. The monoisotopic (exact) mass is 279 g/mol. The number of aryl methyl sites for hydroxylation is 1. The molecular weight excluding hydrogens is 250 g/mol. The second-order valence-corrected chi connectivity index (χ2v) is 6.11. The van der Waals surface area contributed by atoms with Crippen molar-refractivity contribution in [3.05, 3.63) is 18.0 Å². The van der Waals surface area contributed by atoms with Crippen molar-refractivity contribution in [3.8, 4) is 0 Å². The van der Waals surface area contributed by atoms with Crippen LogP contribution in [-0.2, 0) is 13.5 Å². The summed E-state index contributed by atoms with van der Waals surface area (Å²) < 4.78 is 1.89. The minimum Gasteiger partial charge on any atom is -0.314 e. The van der Waals surface area contributed by atoms with E-state index in [2.05, 4.69) is 47.4 Å². The van der Waals surface area contributed by atoms with Crippen LogP contribution in [0, 0.1) is 0 Å². The summed E-state index contributed by atoms with van der Waals surface area (Å²) in [5.74, 6) is 0. The molecule has 1 aromatic rings. The number of hydrogen-bond acceptors (Lipinski definition) is 4. The van der Waals surface area contributed by atoms with Gasteiger partial charge in [0.15, 0.2) is 0 Å². The first-order valence-electron chi connectivity index (χ1n) is 7.68. The highest BCUT2D eigenvalue weighted by Crippen LogP contribution is 2.14. The predicted octanol–water partition coefficient (Wildman–Crippen LogP) is 0.577. The molecular formula is C15H29N5. The van der Waals surface area contributed by atoms with E-state index in [4.69, 9.17) is 0 Å². The average molecular weight is 279 g/mol. The minimum atomic E-state index is 0.531. The Hall–Kier alpha value is -0.910. The van der Waals surface area contributed by atoms with Crippen LogP contribution < -0.4 is 5.32 Å². The lowest BCUT2D eigenvalue weighted by atomic mass is 9.98. The van der Waals surface area contributed by atoms with Gasteiger partial charge in [-0.2, -0.15) is 5.10 Å². The second kappa shape index (κ2) is 7.20. The normalized spacial score (nSPS) is 23.1. The summed E-state index contributed by atoms with van der Waals surface area (Å²) in [5.41, 5.74) is 1.32. The third-order valence-electron chi connectivity index (χ3n) is 4.27. The van der Waals surface area contributed by atoms with Gasteiger partial charge in [-0.05, 0) is 39.0 Å². The van der Waals surface area contributed by atoms with Crippen molar-refractivity contribution in [2.75, 3.05) is 40.3 Å². The standard InChI is InChI=1S/C15H29N5/c1-5-16-14(8-13-10-17-20(4)11-13)9-15-12-18(2)6-7-19(15)3/h10-11,14-16H,5-9,12H2,1-4H3. The fraction of sp³-hybridized carbons (Fsp3) is 0.800. The molecule has 2 heterocycles. The number of aromatic nitrogens is 2. The summed E-state index contributed by atoms with van der Waals surface area (Å²) >= 11 is 0. The predicted molar refractivity (Wildman–Crippen MR) is 82.9 cm³/mol. The van der Waals surface area contributed by atoms with Gasteiger partial charge in [-0.3, -0.25) is 4.68 Å². The number of rotatable bonds is 6. The third-order valence-corrected chi connectivity index (χ3v) is 4.27. The van der Waals surface area contributed by atoms with E-state index >= 15 is 0 Å². The van der Waals surface area contributed by atoms with E-state index in [-0.39, 0.29) is 0 Å². The average Bonchev–Trinajstić information content (AvgIpc) is 2.79. The fourth-order valence-electron chi connectivity index (χ4n) is 3.07. The summed E-state index contributed by atoms with van der Waals surface area (Å²) in [6, 6.07) is 1.18. The van der Waals surface area contributed by atoms with Crippen molar-refractivity contribution in [2.24, 2.45) is 7.05 Å². The molecule has 0 amide bonds. The molecule has 114 valence electrons. The zero-order valence-corrected chi connectivity index (χ0v) is 13.3. The first-order valence-corrected chi connectivity index (χ1v) is 7.68. The Morgan fingerprint density at radius 2 is 2.15 bits per heavy atom. The molecule has 0 aromatic carbocycles. The van der Waals surface area contributed by atoms with E-state index < -0.39 is 0 Å². The molecule has 0 radical (unpaired) electrons. The van der Waals surface area contributed by atoms with Gasteiger partial charge in [0.25, 0.3) is 0 Å². The Balaban J connectivity index is 1.93. The van der Waals surface area contributed by atoms with Crippen LogP contribution in [0.5, 0.6) is 0 Å². The highest BCUT2D eigenvalue weighted by Gasteiger charge is 2.25. The molecule has 5 nitrogen and oxygen atoms in total. The van der Waals surface area contributed by atoms with Crippen molar-refractivity contribution < 1.29 is 0 Å². The molecule has 2 unspecified atom stereocenters. The van der Waals surface area contributed by atoms with Crippen LogP contribution in [0.1, 0.15) is 18.9 Å². The smallest absolute Gasteiger partial charge is 0.0522 e. The molecule has 1 N–H and O–H groups in total. The van der Waals surface area contributed by atoms with Crippen LogP contribution in [0.3, 0.4) is 0 Å². The molecule has 5 heteroatoms. The molecule has 1 saturated heterocycles. The third kappa shape index (κ3) is 4.30. The van der Waals surface area contributed by atoms with E-state index in [0.29, 0.717) is 12.1 Å². The summed E-state index contributed by atoms with van der Waals surface area (Å²) in [4.78, 5) is 4.95. The maximum Gasteiger partial charge on any atom is 0.0522 e. The van der Waals surface area contributed by atoms with Crippen LogP contribution in [0.2, 0.25) is 0 Å².